The molecule has 0 N–H and O–H groups in total. The number of carboxylic acid groups (broad SMARTS) is 1. The highest BCUT2D eigenvalue weighted by Gasteiger charge is 2.32. The maximum Gasteiger partial charge on any atom is 0.266 e. The highest BCUT2D eigenvalue weighted by molar-refractivity contribution is 8.26. The molecule has 4 rings (SSSR count). The summed E-state index contributed by atoms with van der Waals surface area (Å²) in [6, 6.07) is 17.5. The highest BCUT2D eigenvalue weighted by atomic mass is 35.5. The number of furan rings is 1. The number of hydrogen-bond acceptors (Lipinski definition) is 6. The number of benzene rings is 2. The second-order valence-corrected chi connectivity index (χ2v) is 8.52. The zero-order chi connectivity index (χ0) is 21.3. The lowest BCUT2D eigenvalue weighted by Gasteiger charge is -2.14. The summed E-state index contributed by atoms with van der Waals surface area (Å²) in [5.41, 5.74) is 1.41. The van der Waals surface area contributed by atoms with Crippen molar-refractivity contribution in [3.8, 4) is 11.3 Å². The SMILES string of the molecule is O=C([O-])c1cc(-c2ccc(/C=C3/SC(=S)N(Cc4ccccc4)C3=O)o2)ccc1Cl. The first-order valence-corrected chi connectivity index (χ1v) is 10.4. The van der Waals surface area contributed by atoms with Crippen molar-refractivity contribution >= 4 is 57.9 Å². The van der Waals surface area contributed by atoms with E-state index >= 15 is 0 Å². The van der Waals surface area contributed by atoms with Gasteiger partial charge in [-0.15, -0.1) is 0 Å². The van der Waals surface area contributed by atoms with Gasteiger partial charge in [0.15, 0.2) is 0 Å². The van der Waals surface area contributed by atoms with Gasteiger partial charge in [0.2, 0.25) is 0 Å². The minimum absolute atomic E-state index is 0.0904. The number of carboxylic acids is 1. The zero-order valence-electron chi connectivity index (χ0n) is 15.3. The van der Waals surface area contributed by atoms with Gasteiger partial charge in [0.05, 0.1) is 17.4 Å². The van der Waals surface area contributed by atoms with Gasteiger partial charge in [-0.25, -0.2) is 0 Å². The monoisotopic (exact) mass is 454 g/mol. The van der Waals surface area contributed by atoms with Crippen molar-refractivity contribution in [2.75, 3.05) is 0 Å². The Morgan fingerprint density at radius 2 is 1.93 bits per heavy atom. The fourth-order valence-corrected chi connectivity index (χ4v) is 4.38. The normalized spacial score (nSPS) is 15.2. The number of halogens is 1. The lowest BCUT2D eigenvalue weighted by molar-refractivity contribution is -0.255. The van der Waals surface area contributed by atoms with Crippen LogP contribution in [0.15, 0.2) is 70.0 Å². The number of hydrogen-bond donors (Lipinski definition) is 0. The third-order valence-corrected chi connectivity index (χ3v) is 6.14. The number of carbonyl (C=O) groups excluding carboxylic acids is 2. The summed E-state index contributed by atoms with van der Waals surface area (Å²) >= 11 is 12.5. The van der Waals surface area contributed by atoms with Gasteiger partial charge in [-0.05, 0) is 35.9 Å². The average molecular weight is 455 g/mol. The lowest BCUT2D eigenvalue weighted by Crippen LogP contribution is -2.27. The molecule has 2 heterocycles. The van der Waals surface area contributed by atoms with Crippen LogP contribution in [-0.2, 0) is 11.3 Å². The van der Waals surface area contributed by atoms with Crippen molar-refractivity contribution in [3.63, 3.8) is 0 Å². The van der Waals surface area contributed by atoms with Crippen LogP contribution < -0.4 is 5.11 Å². The largest absolute Gasteiger partial charge is 0.545 e. The molecule has 5 nitrogen and oxygen atoms in total. The number of carbonyl (C=O) groups is 2. The quantitative estimate of drug-likeness (QED) is 0.421. The molecule has 2 aromatic carbocycles. The van der Waals surface area contributed by atoms with Crippen molar-refractivity contribution < 1.29 is 19.1 Å². The van der Waals surface area contributed by atoms with E-state index in [0.717, 1.165) is 5.56 Å². The van der Waals surface area contributed by atoms with Crippen molar-refractivity contribution in [1.82, 2.24) is 4.90 Å². The maximum atomic E-state index is 12.8. The second kappa shape index (κ2) is 8.47. The summed E-state index contributed by atoms with van der Waals surface area (Å²) in [6.45, 7) is 0.406. The molecule has 1 saturated heterocycles. The van der Waals surface area contributed by atoms with E-state index in [1.54, 1.807) is 29.2 Å². The first-order valence-electron chi connectivity index (χ1n) is 8.83. The predicted molar refractivity (Wildman–Crippen MR) is 119 cm³/mol. The van der Waals surface area contributed by atoms with E-state index in [9.17, 15) is 14.7 Å². The molecule has 3 aromatic rings. The summed E-state index contributed by atoms with van der Waals surface area (Å²) < 4.78 is 6.27. The van der Waals surface area contributed by atoms with Crippen LogP contribution in [0.4, 0.5) is 0 Å². The van der Waals surface area contributed by atoms with E-state index in [1.807, 2.05) is 30.3 Å². The molecule has 0 radical (unpaired) electrons. The van der Waals surface area contributed by atoms with Crippen LogP contribution in [-0.4, -0.2) is 21.1 Å². The van der Waals surface area contributed by atoms with Crippen LogP contribution in [0.2, 0.25) is 5.02 Å². The van der Waals surface area contributed by atoms with Crippen LogP contribution in [0.25, 0.3) is 17.4 Å². The van der Waals surface area contributed by atoms with E-state index < -0.39 is 5.97 Å². The molecular formula is C22H13ClNO4S2-. The smallest absolute Gasteiger partial charge is 0.266 e. The fraction of sp³-hybridized carbons (Fsp3) is 0.0455. The minimum Gasteiger partial charge on any atom is -0.545 e. The molecule has 0 spiro atoms. The Balaban J connectivity index is 1.56. The number of nitrogens with zero attached hydrogens (tertiary/aromatic N) is 1. The predicted octanol–water partition coefficient (Wildman–Crippen LogP) is 4.36. The number of amides is 1. The van der Waals surface area contributed by atoms with Gasteiger partial charge >= 0.3 is 0 Å². The van der Waals surface area contributed by atoms with E-state index in [4.69, 9.17) is 28.2 Å². The van der Waals surface area contributed by atoms with Crippen LogP contribution in [0.1, 0.15) is 21.7 Å². The van der Waals surface area contributed by atoms with E-state index in [0.29, 0.717) is 32.9 Å². The lowest BCUT2D eigenvalue weighted by atomic mass is 10.1. The first kappa shape index (κ1) is 20.4. The number of rotatable bonds is 5. The van der Waals surface area contributed by atoms with E-state index in [-0.39, 0.29) is 16.5 Å². The number of thioether (sulfide) groups is 1. The molecule has 1 aromatic heterocycles. The summed E-state index contributed by atoms with van der Waals surface area (Å²) in [7, 11) is 0. The van der Waals surface area contributed by atoms with Crippen LogP contribution in [0, 0.1) is 0 Å². The molecule has 0 bridgehead atoms. The van der Waals surface area contributed by atoms with Gasteiger partial charge < -0.3 is 14.3 Å². The average Bonchev–Trinajstić information content (AvgIpc) is 3.29. The minimum atomic E-state index is -1.37. The molecule has 0 unspecified atom stereocenters. The second-order valence-electron chi connectivity index (χ2n) is 6.44. The number of aromatic carboxylic acids is 1. The molecule has 30 heavy (non-hydrogen) atoms. The molecule has 1 fully saturated rings. The molecule has 0 aliphatic carbocycles. The summed E-state index contributed by atoms with van der Waals surface area (Å²) in [6.07, 6.45) is 1.63. The van der Waals surface area contributed by atoms with Crippen LogP contribution in [0.5, 0.6) is 0 Å². The van der Waals surface area contributed by atoms with Crippen molar-refractivity contribution in [3.05, 3.63) is 87.5 Å². The molecule has 0 saturated carbocycles. The molecular weight excluding hydrogens is 442 g/mol. The fourth-order valence-electron chi connectivity index (χ4n) is 2.95. The molecule has 1 aliphatic rings. The van der Waals surface area contributed by atoms with Gasteiger partial charge in [-0.1, -0.05) is 65.9 Å². The summed E-state index contributed by atoms with van der Waals surface area (Å²) in [4.78, 5) is 26.0. The summed E-state index contributed by atoms with van der Waals surface area (Å²) in [5.74, 6) is -0.649. The Morgan fingerprint density at radius 1 is 1.17 bits per heavy atom. The Bertz CT molecular complexity index is 1190. The molecule has 1 amide bonds. The van der Waals surface area contributed by atoms with Crippen molar-refractivity contribution in [2.24, 2.45) is 0 Å². The van der Waals surface area contributed by atoms with Gasteiger partial charge in [0, 0.05) is 22.2 Å². The molecule has 8 heteroatoms. The Labute approximate surface area is 186 Å². The zero-order valence-corrected chi connectivity index (χ0v) is 17.7. The van der Waals surface area contributed by atoms with Gasteiger partial charge in [-0.3, -0.25) is 9.69 Å². The molecule has 150 valence electrons. The van der Waals surface area contributed by atoms with Crippen molar-refractivity contribution in [2.45, 2.75) is 6.54 Å². The third-order valence-electron chi connectivity index (χ3n) is 4.43. The van der Waals surface area contributed by atoms with E-state index in [2.05, 4.69) is 0 Å². The molecule has 1 aliphatic heterocycles. The van der Waals surface area contributed by atoms with Gasteiger partial charge in [0.25, 0.3) is 5.91 Å². The van der Waals surface area contributed by atoms with Crippen molar-refractivity contribution in [1.29, 1.82) is 0 Å². The maximum absolute atomic E-state index is 12.8. The molecule has 0 atom stereocenters. The van der Waals surface area contributed by atoms with Gasteiger partial charge in [-0.2, -0.15) is 0 Å². The van der Waals surface area contributed by atoms with Gasteiger partial charge in [0.1, 0.15) is 15.8 Å². The Kier molecular flexibility index (Phi) is 5.76. The third kappa shape index (κ3) is 4.18. The van der Waals surface area contributed by atoms with Crippen LogP contribution in [0.3, 0.4) is 0 Å². The topological polar surface area (TPSA) is 73.6 Å². The number of thiocarbonyl (C=S) groups is 1. The summed E-state index contributed by atoms with van der Waals surface area (Å²) in [5, 5.41) is 11.3. The standard InChI is InChI=1S/C22H14ClNO4S2/c23-17-8-6-14(10-16(17)21(26)27)18-9-7-15(28-18)11-19-20(25)24(22(29)30-19)12-13-4-2-1-3-5-13/h1-11H,12H2,(H,26,27)/p-1/b19-11+. The first-order chi connectivity index (χ1) is 14.4. The van der Waals surface area contributed by atoms with Crippen LogP contribution >= 0.6 is 35.6 Å². The highest BCUT2D eigenvalue weighted by Crippen LogP contribution is 2.35. The Morgan fingerprint density at radius 3 is 2.67 bits per heavy atom. The Hall–Kier alpha value is -2.87. The van der Waals surface area contributed by atoms with E-state index in [1.165, 1.54) is 23.9 Å².